The standard InChI is InChI=1S/C17H16F2N4O/c1-10-14(8-23(21-10)9-15(18)19)17-20-16(22-24-17)13-7-6-11-4-2-3-5-12(11)13/h2-5,8,13,15H,6-7,9H2,1H3/t13-/m0/s1. The molecule has 1 aromatic carbocycles. The SMILES string of the molecule is Cc1nn(CC(F)F)cc1-c1nc([C@H]2CCc3ccccc32)no1. The Labute approximate surface area is 137 Å². The van der Waals surface area contributed by atoms with E-state index in [1.807, 2.05) is 12.1 Å². The Morgan fingerprint density at radius 3 is 3.00 bits per heavy atom. The lowest BCUT2D eigenvalue weighted by molar-refractivity contribution is 0.121. The number of hydrogen-bond donors (Lipinski definition) is 0. The van der Waals surface area contributed by atoms with Gasteiger partial charge in [0.2, 0.25) is 0 Å². The molecule has 7 heteroatoms. The molecule has 0 N–H and O–H groups in total. The van der Waals surface area contributed by atoms with E-state index >= 15 is 0 Å². The maximum Gasteiger partial charge on any atom is 0.261 e. The zero-order chi connectivity index (χ0) is 16.7. The van der Waals surface area contributed by atoms with Crippen LogP contribution >= 0.6 is 0 Å². The van der Waals surface area contributed by atoms with E-state index in [0.717, 1.165) is 12.8 Å². The van der Waals surface area contributed by atoms with E-state index < -0.39 is 13.0 Å². The van der Waals surface area contributed by atoms with Crippen LogP contribution in [0.1, 0.15) is 35.0 Å². The van der Waals surface area contributed by atoms with Gasteiger partial charge in [0.1, 0.15) is 6.54 Å². The summed E-state index contributed by atoms with van der Waals surface area (Å²) in [6.45, 7) is 1.30. The highest BCUT2D eigenvalue weighted by Gasteiger charge is 2.28. The molecule has 3 aromatic rings. The molecule has 4 rings (SSSR count). The summed E-state index contributed by atoms with van der Waals surface area (Å²) in [6.07, 6.45) is 1.02. The van der Waals surface area contributed by atoms with Gasteiger partial charge in [0.25, 0.3) is 12.3 Å². The molecule has 0 radical (unpaired) electrons. The van der Waals surface area contributed by atoms with Crippen molar-refractivity contribution >= 4 is 0 Å². The molecule has 0 spiro atoms. The summed E-state index contributed by atoms with van der Waals surface area (Å²) < 4.78 is 31.6. The average molecular weight is 330 g/mol. The van der Waals surface area contributed by atoms with Crippen molar-refractivity contribution in [3.63, 3.8) is 0 Å². The lowest BCUT2D eigenvalue weighted by Gasteiger charge is -2.05. The maximum atomic E-state index is 12.5. The van der Waals surface area contributed by atoms with Gasteiger partial charge in [0.05, 0.1) is 11.3 Å². The molecular formula is C17H16F2N4O. The van der Waals surface area contributed by atoms with Crippen molar-refractivity contribution in [3.8, 4) is 11.5 Å². The molecule has 0 fully saturated rings. The fourth-order valence-electron chi connectivity index (χ4n) is 3.27. The van der Waals surface area contributed by atoms with Gasteiger partial charge >= 0.3 is 0 Å². The van der Waals surface area contributed by atoms with Crippen LogP contribution in [0.3, 0.4) is 0 Å². The van der Waals surface area contributed by atoms with Gasteiger partial charge in [0.15, 0.2) is 5.82 Å². The lowest BCUT2D eigenvalue weighted by Crippen LogP contribution is -2.06. The van der Waals surface area contributed by atoms with E-state index in [0.29, 0.717) is 23.0 Å². The molecule has 0 aliphatic heterocycles. The lowest BCUT2D eigenvalue weighted by atomic mass is 10.0. The second kappa shape index (κ2) is 5.81. The van der Waals surface area contributed by atoms with Crippen molar-refractivity contribution in [2.45, 2.75) is 38.7 Å². The largest absolute Gasteiger partial charge is 0.334 e. The van der Waals surface area contributed by atoms with Crippen LogP contribution in [0.25, 0.3) is 11.5 Å². The Kier molecular flexibility index (Phi) is 3.63. The number of nitrogens with zero attached hydrogens (tertiary/aromatic N) is 4. The summed E-state index contributed by atoms with van der Waals surface area (Å²) in [4.78, 5) is 4.50. The number of rotatable bonds is 4. The van der Waals surface area contributed by atoms with Gasteiger partial charge in [-0.25, -0.2) is 8.78 Å². The first-order valence-electron chi connectivity index (χ1n) is 7.86. The van der Waals surface area contributed by atoms with E-state index in [2.05, 4.69) is 27.4 Å². The van der Waals surface area contributed by atoms with E-state index in [9.17, 15) is 8.78 Å². The number of aromatic nitrogens is 4. The van der Waals surface area contributed by atoms with Gasteiger partial charge in [0, 0.05) is 12.1 Å². The molecule has 0 saturated carbocycles. The van der Waals surface area contributed by atoms with Crippen LogP contribution in [-0.2, 0) is 13.0 Å². The summed E-state index contributed by atoms with van der Waals surface area (Å²) in [7, 11) is 0. The smallest absolute Gasteiger partial charge is 0.261 e. The van der Waals surface area contributed by atoms with E-state index in [1.165, 1.54) is 22.0 Å². The molecule has 2 aromatic heterocycles. The third-order valence-corrected chi connectivity index (χ3v) is 4.39. The molecule has 5 nitrogen and oxygen atoms in total. The number of benzene rings is 1. The van der Waals surface area contributed by atoms with Crippen molar-refractivity contribution in [1.29, 1.82) is 0 Å². The van der Waals surface area contributed by atoms with E-state index in [1.54, 1.807) is 6.92 Å². The summed E-state index contributed by atoms with van der Waals surface area (Å²) in [5.41, 5.74) is 3.74. The molecule has 0 saturated heterocycles. The fraction of sp³-hybridized carbons (Fsp3) is 0.353. The first-order chi connectivity index (χ1) is 11.6. The van der Waals surface area contributed by atoms with Crippen molar-refractivity contribution in [3.05, 3.63) is 53.1 Å². The first-order valence-corrected chi connectivity index (χ1v) is 7.86. The van der Waals surface area contributed by atoms with Crippen molar-refractivity contribution in [2.75, 3.05) is 0 Å². The van der Waals surface area contributed by atoms with Crippen LogP contribution in [0.2, 0.25) is 0 Å². The van der Waals surface area contributed by atoms with Gasteiger partial charge in [-0.1, -0.05) is 29.4 Å². The fourth-order valence-corrected chi connectivity index (χ4v) is 3.27. The third-order valence-electron chi connectivity index (χ3n) is 4.39. The van der Waals surface area contributed by atoms with Crippen LogP contribution < -0.4 is 0 Å². The van der Waals surface area contributed by atoms with Crippen molar-refractivity contribution in [1.82, 2.24) is 19.9 Å². The molecular weight excluding hydrogens is 314 g/mol. The number of fused-ring (bicyclic) bond motifs is 1. The quantitative estimate of drug-likeness (QED) is 0.733. The Bertz CT molecular complexity index is 871. The second-order valence-corrected chi connectivity index (χ2v) is 5.99. The molecule has 2 heterocycles. The third kappa shape index (κ3) is 2.60. The number of hydrogen-bond acceptors (Lipinski definition) is 4. The zero-order valence-electron chi connectivity index (χ0n) is 13.1. The number of aryl methyl sites for hydroxylation is 2. The van der Waals surface area contributed by atoms with Gasteiger partial charge in [-0.3, -0.25) is 4.68 Å². The molecule has 0 bridgehead atoms. The van der Waals surface area contributed by atoms with Crippen molar-refractivity contribution in [2.24, 2.45) is 0 Å². The highest BCUT2D eigenvalue weighted by Crippen LogP contribution is 2.37. The molecule has 0 unspecified atom stereocenters. The molecule has 24 heavy (non-hydrogen) atoms. The van der Waals surface area contributed by atoms with Crippen LogP contribution in [-0.4, -0.2) is 26.3 Å². The second-order valence-electron chi connectivity index (χ2n) is 5.99. The van der Waals surface area contributed by atoms with Crippen LogP contribution in [0.4, 0.5) is 8.78 Å². The molecule has 124 valence electrons. The zero-order valence-corrected chi connectivity index (χ0v) is 13.1. The summed E-state index contributed by atoms with van der Waals surface area (Å²) >= 11 is 0. The Morgan fingerprint density at radius 2 is 2.17 bits per heavy atom. The minimum absolute atomic E-state index is 0.120. The van der Waals surface area contributed by atoms with Crippen molar-refractivity contribution < 1.29 is 13.3 Å². The minimum Gasteiger partial charge on any atom is -0.334 e. The van der Waals surface area contributed by atoms with Gasteiger partial charge in [-0.2, -0.15) is 10.1 Å². The monoisotopic (exact) mass is 330 g/mol. The minimum atomic E-state index is -2.45. The highest BCUT2D eigenvalue weighted by atomic mass is 19.3. The highest BCUT2D eigenvalue weighted by molar-refractivity contribution is 5.55. The molecule has 1 aliphatic carbocycles. The molecule has 1 atom stereocenters. The van der Waals surface area contributed by atoms with Gasteiger partial charge in [-0.05, 0) is 30.9 Å². The molecule has 0 amide bonds. The van der Waals surface area contributed by atoms with Crippen LogP contribution in [0.5, 0.6) is 0 Å². The molecule has 1 aliphatic rings. The number of alkyl halides is 2. The summed E-state index contributed by atoms with van der Waals surface area (Å²) in [5.74, 6) is 1.08. The topological polar surface area (TPSA) is 56.7 Å². The van der Waals surface area contributed by atoms with Gasteiger partial charge < -0.3 is 4.52 Å². The average Bonchev–Trinajstić information content (AvgIpc) is 3.24. The Hall–Kier alpha value is -2.57. The van der Waals surface area contributed by atoms with Crippen LogP contribution in [0, 0.1) is 6.92 Å². The summed E-state index contributed by atoms with van der Waals surface area (Å²) in [6, 6.07) is 8.25. The predicted molar refractivity (Wildman–Crippen MR) is 82.9 cm³/mol. The Balaban J connectivity index is 1.63. The normalized spacial score (nSPS) is 16.8. The first kappa shape index (κ1) is 15.0. The Morgan fingerprint density at radius 1 is 1.33 bits per heavy atom. The van der Waals surface area contributed by atoms with E-state index in [-0.39, 0.29) is 5.92 Å². The van der Waals surface area contributed by atoms with Crippen LogP contribution in [0.15, 0.2) is 35.0 Å². The number of halogens is 2. The maximum absolute atomic E-state index is 12.5. The van der Waals surface area contributed by atoms with E-state index in [4.69, 9.17) is 4.52 Å². The van der Waals surface area contributed by atoms with Gasteiger partial charge in [-0.15, -0.1) is 0 Å². The predicted octanol–water partition coefficient (Wildman–Crippen LogP) is 3.58. The summed E-state index contributed by atoms with van der Waals surface area (Å²) in [5, 5.41) is 8.19.